The van der Waals surface area contributed by atoms with Gasteiger partial charge >= 0.3 is 0 Å². The predicted molar refractivity (Wildman–Crippen MR) is 118 cm³/mol. The summed E-state index contributed by atoms with van der Waals surface area (Å²) in [4.78, 5) is 35.7. The number of hydrogen-bond acceptors (Lipinski definition) is 4. The molecular formula is C24H22N6O2. The minimum atomic E-state index is -0.401. The average Bonchev–Trinajstić information content (AvgIpc) is 3.29. The van der Waals surface area contributed by atoms with E-state index in [0.717, 1.165) is 35.1 Å². The topological polar surface area (TPSA) is 95.9 Å². The molecule has 8 nitrogen and oxygen atoms in total. The van der Waals surface area contributed by atoms with E-state index in [4.69, 9.17) is 0 Å². The Balaban J connectivity index is 1.23. The van der Waals surface area contributed by atoms with Crippen LogP contribution in [0.25, 0.3) is 10.9 Å². The second kappa shape index (κ2) is 7.05. The van der Waals surface area contributed by atoms with Gasteiger partial charge in [0.15, 0.2) is 0 Å². The number of hydrogen-bond donors (Lipinski definition) is 2. The number of nitrogens with one attached hydrogen (secondary N) is 2. The van der Waals surface area contributed by atoms with Crippen LogP contribution in [0.2, 0.25) is 0 Å². The molecule has 4 heterocycles. The minimum absolute atomic E-state index is 0.0767. The largest absolute Gasteiger partial charge is 0.351 e. The Kier molecular flexibility index (Phi) is 4.14. The molecule has 1 aliphatic heterocycles. The van der Waals surface area contributed by atoms with Crippen LogP contribution in [0, 0.1) is 0 Å². The zero-order valence-corrected chi connectivity index (χ0v) is 17.4. The smallest absolute Gasteiger partial charge is 0.270 e. The van der Waals surface area contributed by atoms with Crippen LogP contribution in [-0.4, -0.2) is 43.0 Å². The molecule has 0 atom stereocenters. The third-order valence-corrected chi connectivity index (χ3v) is 6.42. The quantitative estimate of drug-likeness (QED) is 0.525. The molecule has 1 fully saturated rings. The number of nitrogens with zero attached hydrogens (tertiary/aromatic N) is 4. The number of carbonyl (C=O) groups excluding carboxylic acids is 2. The van der Waals surface area contributed by atoms with E-state index in [-0.39, 0.29) is 11.8 Å². The van der Waals surface area contributed by atoms with Crippen LogP contribution < -0.4 is 5.32 Å². The SMILES string of the molecule is O=C(NC1(c2ccccn2)CC1)c1cnn2c1CN(C(=O)c1cc3ccccc3[nH]1)CC2. The van der Waals surface area contributed by atoms with Crippen molar-refractivity contribution in [1.82, 2.24) is 30.0 Å². The first kappa shape index (κ1) is 18.8. The van der Waals surface area contributed by atoms with Crippen molar-refractivity contribution >= 4 is 22.7 Å². The molecule has 160 valence electrons. The Morgan fingerprint density at radius 1 is 1.06 bits per heavy atom. The number of aromatic amines is 1. The zero-order chi connectivity index (χ0) is 21.7. The van der Waals surface area contributed by atoms with Crippen LogP contribution in [-0.2, 0) is 18.6 Å². The third-order valence-electron chi connectivity index (χ3n) is 6.42. The summed E-state index contributed by atoms with van der Waals surface area (Å²) in [6, 6.07) is 15.4. The molecule has 0 radical (unpaired) electrons. The lowest BCUT2D eigenvalue weighted by Gasteiger charge is -2.28. The minimum Gasteiger partial charge on any atom is -0.351 e. The van der Waals surface area contributed by atoms with E-state index in [1.807, 2.05) is 53.2 Å². The highest BCUT2D eigenvalue weighted by Gasteiger charge is 2.47. The summed E-state index contributed by atoms with van der Waals surface area (Å²) in [6.07, 6.45) is 5.08. The van der Waals surface area contributed by atoms with Crippen LogP contribution in [0.4, 0.5) is 0 Å². The van der Waals surface area contributed by atoms with E-state index in [1.54, 1.807) is 17.3 Å². The monoisotopic (exact) mass is 426 g/mol. The summed E-state index contributed by atoms with van der Waals surface area (Å²) < 4.78 is 1.82. The highest BCUT2D eigenvalue weighted by Crippen LogP contribution is 2.44. The Morgan fingerprint density at radius 3 is 2.69 bits per heavy atom. The lowest BCUT2D eigenvalue weighted by atomic mass is 10.1. The molecule has 8 heteroatoms. The summed E-state index contributed by atoms with van der Waals surface area (Å²) in [6.45, 7) is 1.44. The van der Waals surface area contributed by atoms with E-state index < -0.39 is 5.54 Å². The summed E-state index contributed by atoms with van der Waals surface area (Å²) in [7, 11) is 0. The number of amides is 2. The number of fused-ring (bicyclic) bond motifs is 2. The Hall–Kier alpha value is -3.94. The van der Waals surface area contributed by atoms with Crippen molar-refractivity contribution in [3.63, 3.8) is 0 Å². The highest BCUT2D eigenvalue weighted by molar-refractivity contribution is 5.99. The van der Waals surface area contributed by atoms with Gasteiger partial charge < -0.3 is 15.2 Å². The van der Waals surface area contributed by atoms with Crippen molar-refractivity contribution < 1.29 is 9.59 Å². The van der Waals surface area contributed by atoms with Crippen LogP contribution in [0.15, 0.2) is 60.9 Å². The van der Waals surface area contributed by atoms with Crippen molar-refractivity contribution in [2.45, 2.75) is 31.5 Å². The maximum Gasteiger partial charge on any atom is 0.270 e. The number of para-hydroxylation sites is 1. The molecule has 0 bridgehead atoms. The third kappa shape index (κ3) is 3.07. The molecule has 4 aromatic rings. The number of H-pyrrole nitrogens is 1. The van der Waals surface area contributed by atoms with Gasteiger partial charge in [-0.15, -0.1) is 0 Å². The van der Waals surface area contributed by atoms with Crippen molar-refractivity contribution in [1.29, 1.82) is 0 Å². The maximum absolute atomic E-state index is 13.2. The fourth-order valence-electron chi connectivity index (χ4n) is 4.47. The summed E-state index contributed by atoms with van der Waals surface area (Å²) in [5, 5.41) is 8.56. The van der Waals surface area contributed by atoms with Crippen molar-refractivity contribution in [2.75, 3.05) is 6.54 Å². The Labute approximate surface area is 184 Å². The first-order valence-electron chi connectivity index (χ1n) is 10.8. The van der Waals surface area contributed by atoms with Crippen LogP contribution >= 0.6 is 0 Å². The van der Waals surface area contributed by atoms with Crippen LogP contribution in [0.3, 0.4) is 0 Å². The second-order valence-corrected chi connectivity index (χ2v) is 8.48. The first-order chi connectivity index (χ1) is 15.6. The van der Waals surface area contributed by atoms with Gasteiger partial charge in [-0.3, -0.25) is 19.3 Å². The van der Waals surface area contributed by atoms with Gasteiger partial charge in [0.05, 0.1) is 41.8 Å². The van der Waals surface area contributed by atoms with E-state index in [9.17, 15) is 9.59 Å². The predicted octanol–water partition coefficient (Wildman–Crippen LogP) is 2.83. The Bertz CT molecular complexity index is 1300. The number of carbonyl (C=O) groups is 2. The van der Waals surface area contributed by atoms with E-state index >= 15 is 0 Å². The molecule has 1 saturated carbocycles. The molecule has 2 aliphatic rings. The molecule has 6 rings (SSSR count). The average molecular weight is 426 g/mol. The van der Waals surface area contributed by atoms with Crippen molar-refractivity contribution in [3.05, 3.63) is 83.6 Å². The van der Waals surface area contributed by atoms with Gasteiger partial charge in [0, 0.05) is 23.6 Å². The van der Waals surface area contributed by atoms with Gasteiger partial charge in [-0.2, -0.15) is 5.10 Å². The van der Waals surface area contributed by atoms with Crippen molar-refractivity contribution in [3.8, 4) is 0 Å². The van der Waals surface area contributed by atoms with Gasteiger partial charge in [-0.05, 0) is 37.1 Å². The molecule has 0 saturated heterocycles. The van der Waals surface area contributed by atoms with E-state index in [2.05, 4.69) is 20.4 Å². The first-order valence-corrected chi connectivity index (χ1v) is 10.8. The zero-order valence-electron chi connectivity index (χ0n) is 17.4. The number of aromatic nitrogens is 4. The summed E-state index contributed by atoms with van der Waals surface area (Å²) in [5.41, 5.74) is 3.24. The molecule has 0 spiro atoms. The lowest BCUT2D eigenvalue weighted by Crippen LogP contribution is -2.40. The summed E-state index contributed by atoms with van der Waals surface area (Å²) >= 11 is 0. The number of pyridine rings is 1. The van der Waals surface area contributed by atoms with E-state index in [1.165, 1.54) is 0 Å². The van der Waals surface area contributed by atoms with Gasteiger partial charge in [-0.1, -0.05) is 24.3 Å². The lowest BCUT2D eigenvalue weighted by molar-refractivity contribution is 0.0697. The second-order valence-electron chi connectivity index (χ2n) is 8.48. The van der Waals surface area contributed by atoms with Gasteiger partial charge in [0.25, 0.3) is 11.8 Å². The fourth-order valence-corrected chi connectivity index (χ4v) is 4.47. The maximum atomic E-state index is 13.2. The van der Waals surface area contributed by atoms with Gasteiger partial charge in [-0.25, -0.2) is 0 Å². The standard InChI is InChI=1S/C24H22N6O2/c31-22(28-24(8-9-24)21-7-3-4-10-25-21)17-14-26-30-12-11-29(15-20(17)30)23(32)19-13-16-5-1-2-6-18(16)27-19/h1-7,10,13-14,27H,8-9,11-12,15H2,(H,28,31). The normalized spacial score (nSPS) is 16.6. The molecule has 3 aromatic heterocycles. The molecule has 0 unspecified atom stereocenters. The Morgan fingerprint density at radius 2 is 1.91 bits per heavy atom. The molecule has 32 heavy (non-hydrogen) atoms. The molecule has 1 aliphatic carbocycles. The van der Waals surface area contributed by atoms with E-state index in [0.29, 0.717) is 30.9 Å². The van der Waals surface area contributed by atoms with Crippen LogP contribution in [0.5, 0.6) is 0 Å². The van der Waals surface area contributed by atoms with Gasteiger partial charge in [0.2, 0.25) is 0 Å². The number of rotatable bonds is 4. The van der Waals surface area contributed by atoms with Crippen molar-refractivity contribution in [2.24, 2.45) is 0 Å². The number of benzene rings is 1. The highest BCUT2D eigenvalue weighted by atomic mass is 16.2. The van der Waals surface area contributed by atoms with Gasteiger partial charge in [0.1, 0.15) is 5.69 Å². The molecule has 1 aromatic carbocycles. The van der Waals surface area contributed by atoms with Crippen LogP contribution in [0.1, 0.15) is 45.1 Å². The molecule has 2 amide bonds. The molecule has 2 N–H and O–H groups in total. The fraction of sp³-hybridized carbons (Fsp3) is 0.250. The summed E-state index contributed by atoms with van der Waals surface area (Å²) in [5.74, 6) is -0.249. The molecular weight excluding hydrogens is 404 g/mol.